The average molecular weight is 260 g/mol. The number of aryl methyl sites for hydroxylation is 3. The average Bonchev–Trinajstić information content (AvgIpc) is 2.94. The number of hydrogen-bond donors (Lipinski definition) is 0. The second-order valence-corrected chi connectivity index (χ2v) is 5.32. The normalized spacial score (nSPS) is 11.3. The molecule has 0 fully saturated rings. The Morgan fingerprint density at radius 3 is 2.83 bits per heavy atom. The Morgan fingerprint density at radius 2 is 2.28 bits per heavy atom. The number of ketones is 1. The van der Waals surface area contributed by atoms with Crippen LogP contribution in [0.2, 0.25) is 0 Å². The first kappa shape index (κ1) is 12.8. The quantitative estimate of drug-likeness (QED) is 0.625. The van der Waals surface area contributed by atoms with Crippen LogP contribution in [0.5, 0.6) is 0 Å². The summed E-state index contributed by atoms with van der Waals surface area (Å²) in [7, 11) is 1.89. The minimum Gasteiger partial charge on any atom is -0.288 e. The largest absolute Gasteiger partial charge is 0.288 e. The van der Waals surface area contributed by atoms with E-state index in [9.17, 15) is 4.79 Å². The Labute approximate surface area is 111 Å². The van der Waals surface area contributed by atoms with Crippen molar-refractivity contribution in [2.45, 2.75) is 20.3 Å². The summed E-state index contributed by atoms with van der Waals surface area (Å²) in [6.07, 6.45) is 4.33. The zero-order valence-electron chi connectivity index (χ0n) is 10.8. The van der Waals surface area contributed by atoms with Gasteiger partial charge in [0.05, 0.1) is 10.6 Å². The van der Waals surface area contributed by atoms with Crippen LogP contribution in [0, 0.1) is 6.92 Å². The lowest BCUT2D eigenvalue weighted by molar-refractivity contribution is 0.105. The monoisotopic (exact) mass is 260 g/mol. The predicted octanol–water partition coefficient (Wildman–Crippen LogP) is 3.25. The number of nitrogens with zero attached hydrogens (tertiary/aromatic N) is 2. The number of carbonyl (C=O) groups excluding carboxylic acids is 1. The number of aromatic nitrogens is 2. The summed E-state index contributed by atoms with van der Waals surface area (Å²) in [6.45, 7) is 4.07. The van der Waals surface area contributed by atoms with E-state index in [1.54, 1.807) is 28.2 Å². The van der Waals surface area contributed by atoms with Gasteiger partial charge < -0.3 is 0 Å². The predicted molar refractivity (Wildman–Crippen MR) is 75.0 cm³/mol. The molecule has 0 radical (unpaired) electrons. The Morgan fingerprint density at radius 1 is 1.50 bits per heavy atom. The summed E-state index contributed by atoms with van der Waals surface area (Å²) in [5.74, 6) is 0.0445. The maximum absolute atomic E-state index is 11.9. The molecule has 0 saturated carbocycles. The lowest BCUT2D eigenvalue weighted by Gasteiger charge is -1.89. The first-order valence-electron chi connectivity index (χ1n) is 5.92. The van der Waals surface area contributed by atoms with Crippen molar-refractivity contribution in [3.63, 3.8) is 0 Å². The molecule has 0 amide bonds. The fourth-order valence-corrected chi connectivity index (χ4v) is 2.48. The fraction of sp³-hybridized carbons (Fsp3) is 0.286. The minimum atomic E-state index is 0.0445. The molecule has 2 rings (SSSR count). The molecule has 2 aromatic rings. The molecule has 3 nitrogen and oxygen atoms in total. The second-order valence-electron chi connectivity index (χ2n) is 4.15. The van der Waals surface area contributed by atoms with Crippen LogP contribution in [-0.4, -0.2) is 15.6 Å². The molecule has 0 atom stereocenters. The standard InChI is InChI=1S/C14H16N2OS/c1-4-12-6-8-14(18-12)13(17)7-5-11-9-10(2)16(3)15-11/h5-9H,4H2,1-3H3/b7-5+. The molecular formula is C14H16N2OS. The maximum Gasteiger partial charge on any atom is 0.195 e. The van der Waals surface area contributed by atoms with E-state index in [2.05, 4.69) is 12.0 Å². The molecule has 0 aliphatic carbocycles. The molecule has 2 heterocycles. The molecule has 0 unspecified atom stereocenters. The van der Waals surface area contributed by atoms with Crippen molar-refractivity contribution in [3.05, 3.63) is 45.4 Å². The van der Waals surface area contributed by atoms with Crippen molar-refractivity contribution in [2.75, 3.05) is 0 Å². The summed E-state index contributed by atoms with van der Waals surface area (Å²) in [4.78, 5) is 14.0. The van der Waals surface area contributed by atoms with Gasteiger partial charge in [-0.25, -0.2) is 0 Å². The van der Waals surface area contributed by atoms with Gasteiger partial charge in [-0.2, -0.15) is 5.10 Å². The van der Waals surface area contributed by atoms with Gasteiger partial charge >= 0.3 is 0 Å². The second kappa shape index (κ2) is 5.31. The van der Waals surface area contributed by atoms with Crippen molar-refractivity contribution in [3.8, 4) is 0 Å². The summed E-state index contributed by atoms with van der Waals surface area (Å²) in [5, 5.41) is 4.28. The van der Waals surface area contributed by atoms with Crippen LogP contribution in [0.4, 0.5) is 0 Å². The highest BCUT2D eigenvalue weighted by Gasteiger charge is 2.05. The molecule has 0 bridgehead atoms. The van der Waals surface area contributed by atoms with Crippen LogP contribution >= 0.6 is 11.3 Å². The van der Waals surface area contributed by atoms with Crippen molar-refractivity contribution in [2.24, 2.45) is 7.05 Å². The summed E-state index contributed by atoms with van der Waals surface area (Å²) >= 11 is 1.56. The molecule has 0 spiro atoms. The summed E-state index contributed by atoms with van der Waals surface area (Å²) in [5.41, 5.74) is 1.89. The van der Waals surface area contributed by atoms with E-state index >= 15 is 0 Å². The van der Waals surface area contributed by atoms with Gasteiger partial charge in [-0.1, -0.05) is 6.92 Å². The molecule has 4 heteroatoms. The molecule has 0 saturated heterocycles. The maximum atomic E-state index is 11.9. The lowest BCUT2D eigenvalue weighted by atomic mass is 10.2. The molecule has 2 aromatic heterocycles. The summed E-state index contributed by atoms with van der Waals surface area (Å²) in [6, 6.07) is 5.85. The van der Waals surface area contributed by atoms with E-state index in [1.807, 2.05) is 32.2 Å². The highest BCUT2D eigenvalue weighted by molar-refractivity contribution is 7.14. The van der Waals surface area contributed by atoms with Gasteiger partial charge in [0.1, 0.15) is 0 Å². The number of rotatable bonds is 4. The molecule has 94 valence electrons. The zero-order valence-corrected chi connectivity index (χ0v) is 11.6. The van der Waals surface area contributed by atoms with Crippen molar-refractivity contribution >= 4 is 23.2 Å². The van der Waals surface area contributed by atoms with E-state index in [-0.39, 0.29) is 5.78 Å². The van der Waals surface area contributed by atoms with Crippen molar-refractivity contribution in [1.82, 2.24) is 9.78 Å². The van der Waals surface area contributed by atoms with Crippen LogP contribution in [-0.2, 0) is 13.5 Å². The molecule has 18 heavy (non-hydrogen) atoms. The Kier molecular flexibility index (Phi) is 3.77. The van der Waals surface area contributed by atoms with Gasteiger partial charge in [0.2, 0.25) is 0 Å². The van der Waals surface area contributed by atoms with Gasteiger partial charge in [0.25, 0.3) is 0 Å². The highest BCUT2D eigenvalue weighted by Crippen LogP contribution is 2.18. The SMILES string of the molecule is CCc1ccc(C(=O)/C=C/c2cc(C)n(C)n2)s1. The third kappa shape index (κ3) is 2.76. The Bertz CT molecular complexity index is 573. The van der Waals surface area contributed by atoms with Gasteiger partial charge in [0.15, 0.2) is 5.78 Å². The Hall–Kier alpha value is -1.68. The molecule has 0 N–H and O–H groups in total. The smallest absolute Gasteiger partial charge is 0.195 e. The van der Waals surface area contributed by atoms with Crippen molar-refractivity contribution < 1.29 is 4.79 Å². The number of thiophene rings is 1. The molecule has 0 aromatic carbocycles. The number of allylic oxidation sites excluding steroid dienone is 1. The van der Waals surface area contributed by atoms with E-state index in [0.717, 1.165) is 22.7 Å². The van der Waals surface area contributed by atoms with Crippen LogP contribution in [0.3, 0.4) is 0 Å². The first-order chi connectivity index (χ1) is 8.60. The number of carbonyl (C=O) groups is 1. The number of hydrogen-bond acceptors (Lipinski definition) is 3. The van der Waals surface area contributed by atoms with Gasteiger partial charge in [-0.15, -0.1) is 11.3 Å². The van der Waals surface area contributed by atoms with Gasteiger partial charge in [-0.3, -0.25) is 9.48 Å². The van der Waals surface area contributed by atoms with Crippen LogP contribution in [0.25, 0.3) is 6.08 Å². The van der Waals surface area contributed by atoms with E-state index in [4.69, 9.17) is 0 Å². The minimum absolute atomic E-state index is 0.0445. The Balaban J connectivity index is 2.11. The fourth-order valence-electron chi connectivity index (χ4n) is 1.61. The highest BCUT2D eigenvalue weighted by atomic mass is 32.1. The third-order valence-corrected chi connectivity index (χ3v) is 4.04. The van der Waals surface area contributed by atoms with E-state index in [1.165, 1.54) is 4.88 Å². The lowest BCUT2D eigenvalue weighted by Crippen LogP contribution is -1.92. The zero-order chi connectivity index (χ0) is 13.1. The van der Waals surface area contributed by atoms with Crippen molar-refractivity contribution in [1.29, 1.82) is 0 Å². The topological polar surface area (TPSA) is 34.9 Å². The molecule has 0 aliphatic heterocycles. The van der Waals surface area contributed by atoms with Crippen LogP contribution in [0.1, 0.15) is 32.9 Å². The van der Waals surface area contributed by atoms with Gasteiger partial charge in [-0.05, 0) is 43.7 Å². The van der Waals surface area contributed by atoms with E-state index in [0.29, 0.717) is 0 Å². The third-order valence-electron chi connectivity index (χ3n) is 2.79. The first-order valence-corrected chi connectivity index (χ1v) is 6.73. The molecule has 0 aliphatic rings. The summed E-state index contributed by atoms with van der Waals surface area (Å²) < 4.78 is 1.80. The van der Waals surface area contributed by atoms with Gasteiger partial charge in [0, 0.05) is 17.6 Å². The van der Waals surface area contributed by atoms with Crippen LogP contribution in [0.15, 0.2) is 24.3 Å². The molecular weight excluding hydrogens is 244 g/mol. The van der Waals surface area contributed by atoms with E-state index < -0.39 is 0 Å². The van der Waals surface area contributed by atoms with Crippen LogP contribution < -0.4 is 0 Å².